The van der Waals surface area contributed by atoms with E-state index in [-0.39, 0.29) is 11.3 Å². The molecule has 0 saturated heterocycles. The molecule has 0 saturated carbocycles. The fourth-order valence-corrected chi connectivity index (χ4v) is 1.45. The van der Waals surface area contributed by atoms with Crippen LogP contribution >= 0.6 is 0 Å². The Morgan fingerprint density at radius 3 is 2.50 bits per heavy atom. The van der Waals surface area contributed by atoms with Crippen LogP contribution in [0.2, 0.25) is 0 Å². The number of carboxylic acid groups (broad SMARTS) is 1. The minimum Gasteiger partial charge on any atom is -0.481 e. The highest BCUT2D eigenvalue weighted by atomic mass is 32.2. The van der Waals surface area contributed by atoms with Crippen LogP contribution < -0.4 is 0 Å². The molecule has 1 aromatic heterocycles. The summed E-state index contributed by atoms with van der Waals surface area (Å²) in [6, 6.07) is 2.74. The van der Waals surface area contributed by atoms with Gasteiger partial charge >= 0.3 is 5.97 Å². The number of rotatable bonds is 3. The van der Waals surface area contributed by atoms with Crippen molar-refractivity contribution in [2.24, 2.45) is 0 Å². The fraction of sp³-hybridized carbons (Fsp3) is 0.250. The Morgan fingerprint density at radius 1 is 1.50 bits per heavy atom. The van der Waals surface area contributed by atoms with E-state index >= 15 is 0 Å². The smallest absolute Gasteiger partial charge is 0.309 e. The van der Waals surface area contributed by atoms with Crippen molar-refractivity contribution in [1.29, 1.82) is 0 Å². The van der Waals surface area contributed by atoms with Gasteiger partial charge in [0.05, 0.1) is 17.0 Å². The monoisotopic (exact) mass is 215 g/mol. The lowest BCUT2D eigenvalue weighted by Crippen LogP contribution is -2.04. The number of aliphatic carboxylic acids is 1. The quantitative estimate of drug-likeness (QED) is 0.773. The number of carbonyl (C=O) groups is 1. The van der Waals surface area contributed by atoms with Gasteiger partial charge in [0, 0.05) is 12.5 Å². The number of pyridine rings is 1. The number of hydrogen-bond donors (Lipinski definition) is 1. The highest BCUT2D eigenvalue weighted by molar-refractivity contribution is 7.90. The van der Waals surface area contributed by atoms with Crippen molar-refractivity contribution in [3.63, 3.8) is 0 Å². The molecule has 0 bridgehead atoms. The van der Waals surface area contributed by atoms with Gasteiger partial charge in [-0.1, -0.05) is 0 Å². The fourth-order valence-electron chi connectivity index (χ4n) is 0.890. The molecule has 0 unspecified atom stereocenters. The lowest BCUT2D eigenvalue weighted by Gasteiger charge is -1.98. The van der Waals surface area contributed by atoms with Crippen molar-refractivity contribution >= 4 is 15.8 Å². The standard InChI is InChI=1S/C8H9NO4S/c1-14(12,13)7-3-2-6(9-5-7)4-8(10)11/h2-3,5H,4H2,1H3,(H,10,11). The molecule has 0 aliphatic heterocycles. The zero-order chi connectivity index (χ0) is 10.8. The third-order valence-corrected chi connectivity index (χ3v) is 2.66. The first-order valence-electron chi connectivity index (χ1n) is 3.76. The van der Waals surface area contributed by atoms with Crippen LogP contribution in [-0.4, -0.2) is 30.7 Å². The Balaban J connectivity index is 2.95. The Kier molecular flexibility index (Phi) is 2.85. The normalized spacial score (nSPS) is 11.2. The molecule has 1 N–H and O–H groups in total. The summed E-state index contributed by atoms with van der Waals surface area (Å²) in [6.45, 7) is 0. The maximum atomic E-state index is 11.0. The van der Waals surface area contributed by atoms with Gasteiger partial charge in [0.1, 0.15) is 0 Å². The van der Waals surface area contributed by atoms with E-state index in [0.29, 0.717) is 5.69 Å². The van der Waals surface area contributed by atoms with Crippen LogP contribution in [0.25, 0.3) is 0 Å². The summed E-state index contributed by atoms with van der Waals surface area (Å²) >= 11 is 0. The second-order valence-corrected chi connectivity index (χ2v) is 4.84. The van der Waals surface area contributed by atoms with Crippen molar-refractivity contribution in [2.75, 3.05) is 6.26 Å². The molecule has 0 amide bonds. The maximum Gasteiger partial charge on any atom is 0.309 e. The first kappa shape index (κ1) is 10.6. The van der Waals surface area contributed by atoms with E-state index in [2.05, 4.69) is 4.98 Å². The average molecular weight is 215 g/mol. The number of hydrogen-bond acceptors (Lipinski definition) is 4. The minimum atomic E-state index is -3.26. The van der Waals surface area contributed by atoms with Crippen LogP contribution in [0.5, 0.6) is 0 Å². The van der Waals surface area contributed by atoms with Crippen molar-refractivity contribution < 1.29 is 18.3 Å². The predicted molar refractivity (Wildman–Crippen MR) is 48.7 cm³/mol. The van der Waals surface area contributed by atoms with Crippen LogP contribution in [0.1, 0.15) is 5.69 Å². The largest absolute Gasteiger partial charge is 0.481 e. The van der Waals surface area contributed by atoms with Gasteiger partial charge in [-0.05, 0) is 12.1 Å². The lowest BCUT2D eigenvalue weighted by molar-refractivity contribution is -0.136. The van der Waals surface area contributed by atoms with Crippen molar-refractivity contribution in [2.45, 2.75) is 11.3 Å². The molecule has 1 rings (SSSR count). The van der Waals surface area contributed by atoms with Crippen molar-refractivity contribution in [3.8, 4) is 0 Å². The van der Waals surface area contributed by atoms with E-state index in [1.165, 1.54) is 12.1 Å². The minimum absolute atomic E-state index is 0.0895. The van der Waals surface area contributed by atoms with E-state index in [1.807, 2.05) is 0 Å². The predicted octanol–water partition coefficient (Wildman–Crippen LogP) is 0.112. The Bertz CT molecular complexity index is 435. The van der Waals surface area contributed by atoms with Gasteiger partial charge in [0.2, 0.25) is 0 Å². The van der Waals surface area contributed by atoms with E-state index in [9.17, 15) is 13.2 Å². The molecule has 0 fully saturated rings. The lowest BCUT2D eigenvalue weighted by atomic mass is 10.3. The highest BCUT2D eigenvalue weighted by Gasteiger charge is 2.08. The molecule has 6 heteroatoms. The molecule has 1 heterocycles. The summed E-state index contributed by atoms with van der Waals surface area (Å²) < 4.78 is 22.0. The SMILES string of the molecule is CS(=O)(=O)c1ccc(CC(=O)O)nc1. The Labute approximate surface area is 81.3 Å². The molecule has 5 nitrogen and oxygen atoms in total. The number of nitrogens with zero attached hydrogens (tertiary/aromatic N) is 1. The van der Waals surface area contributed by atoms with Gasteiger partial charge in [-0.15, -0.1) is 0 Å². The third kappa shape index (κ3) is 2.81. The van der Waals surface area contributed by atoms with Crippen molar-refractivity contribution in [1.82, 2.24) is 4.98 Å². The molecule has 14 heavy (non-hydrogen) atoms. The van der Waals surface area contributed by atoms with Gasteiger partial charge in [-0.25, -0.2) is 8.42 Å². The second kappa shape index (κ2) is 3.75. The molecule has 0 aromatic carbocycles. The van der Waals surface area contributed by atoms with E-state index in [0.717, 1.165) is 12.5 Å². The molecule has 1 aromatic rings. The molecule has 0 spiro atoms. The van der Waals surface area contributed by atoms with E-state index < -0.39 is 15.8 Å². The summed E-state index contributed by atoms with van der Waals surface area (Å²) in [5.74, 6) is -0.996. The van der Waals surface area contributed by atoms with Crippen molar-refractivity contribution in [3.05, 3.63) is 24.0 Å². The number of sulfone groups is 1. The molecule has 0 aliphatic carbocycles. The summed E-state index contributed by atoms with van der Waals surface area (Å²) in [5, 5.41) is 8.44. The van der Waals surface area contributed by atoms with Gasteiger partial charge < -0.3 is 5.11 Å². The summed E-state index contributed by atoms with van der Waals surface area (Å²) in [5.41, 5.74) is 0.338. The van der Waals surface area contributed by atoms with Gasteiger partial charge in [-0.3, -0.25) is 9.78 Å². The Hall–Kier alpha value is -1.43. The highest BCUT2D eigenvalue weighted by Crippen LogP contribution is 2.07. The van der Waals surface area contributed by atoms with Crippen LogP contribution in [0, 0.1) is 0 Å². The second-order valence-electron chi connectivity index (χ2n) is 2.83. The molecule has 0 atom stereocenters. The van der Waals surface area contributed by atoms with Gasteiger partial charge in [0.15, 0.2) is 9.84 Å². The molecule has 76 valence electrons. The zero-order valence-corrected chi connectivity index (χ0v) is 8.28. The maximum absolute atomic E-state index is 11.0. The Morgan fingerprint density at radius 2 is 2.14 bits per heavy atom. The molecular weight excluding hydrogens is 206 g/mol. The zero-order valence-electron chi connectivity index (χ0n) is 7.47. The third-order valence-electron chi connectivity index (χ3n) is 1.56. The van der Waals surface area contributed by atoms with E-state index in [1.54, 1.807) is 0 Å². The van der Waals surface area contributed by atoms with Crippen LogP contribution in [0.3, 0.4) is 0 Å². The van der Waals surface area contributed by atoms with Crippen LogP contribution in [0.4, 0.5) is 0 Å². The summed E-state index contributed by atoms with van der Waals surface area (Å²) in [7, 11) is -3.26. The van der Waals surface area contributed by atoms with Gasteiger partial charge in [0.25, 0.3) is 0 Å². The van der Waals surface area contributed by atoms with Crippen LogP contribution in [-0.2, 0) is 21.1 Å². The topological polar surface area (TPSA) is 84.3 Å². The summed E-state index contributed by atoms with van der Waals surface area (Å²) in [6.07, 6.45) is 2.03. The number of aromatic nitrogens is 1. The first-order chi connectivity index (χ1) is 6.39. The molecule has 0 aliphatic rings. The molecule has 0 radical (unpaired) electrons. The first-order valence-corrected chi connectivity index (χ1v) is 5.65. The molecular formula is C8H9NO4S. The van der Waals surface area contributed by atoms with Gasteiger partial charge in [-0.2, -0.15) is 0 Å². The van der Waals surface area contributed by atoms with E-state index in [4.69, 9.17) is 5.11 Å². The number of carboxylic acids is 1. The average Bonchev–Trinajstić information content (AvgIpc) is 2.02. The van der Waals surface area contributed by atoms with Crippen LogP contribution in [0.15, 0.2) is 23.2 Å². The summed E-state index contributed by atoms with van der Waals surface area (Å²) in [4.78, 5) is 14.1.